The van der Waals surface area contributed by atoms with Crippen molar-refractivity contribution >= 4 is 0 Å². The van der Waals surface area contributed by atoms with Crippen molar-refractivity contribution in [2.75, 3.05) is 0 Å². The summed E-state index contributed by atoms with van der Waals surface area (Å²) in [6.45, 7) is 0. The van der Waals surface area contributed by atoms with Crippen molar-refractivity contribution in [1.29, 1.82) is 0 Å². The van der Waals surface area contributed by atoms with Gasteiger partial charge in [-0.3, -0.25) is 0 Å². The molecule has 0 atom stereocenters. The van der Waals surface area contributed by atoms with E-state index >= 15 is 0 Å². The molecule has 0 aliphatic heterocycles. The van der Waals surface area contributed by atoms with E-state index in [-0.39, 0.29) is 5.92 Å². The Morgan fingerprint density at radius 3 is 1.52 bits per heavy atom. The maximum atomic E-state index is 13.3. The lowest BCUT2D eigenvalue weighted by molar-refractivity contribution is -0.147. The van der Waals surface area contributed by atoms with Crippen LogP contribution in [0, 0.1) is 5.92 Å². The average molecular weight is 290 g/mol. The van der Waals surface area contributed by atoms with Gasteiger partial charge in [0.25, 0.3) is 0 Å². The standard InChI is InChI=1S/C18H17F3/c19-18(20,21)13-17(16-11-12-16,14-7-3-1-4-8-14)15-9-5-2-6-10-15/h1-10,16H,11-13H2. The summed E-state index contributed by atoms with van der Waals surface area (Å²) in [5, 5.41) is 0. The van der Waals surface area contributed by atoms with Crippen molar-refractivity contribution < 1.29 is 13.2 Å². The fourth-order valence-electron chi connectivity index (χ4n) is 3.35. The molecule has 0 nitrogen and oxygen atoms in total. The Hall–Kier alpha value is -1.77. The molecule has 3 rings (SSSR count). The Morgan fingerprint density at radius 1 is 0.762 bits per heavy atom. The molecule has 1 aliphatic carbocycles. The van der Waals surface area contributed by atoms with Crippen LogP contribution in [0.3, 0.4) is 0 Å². The van der Waals surface area contributed by atoms with Crippen LogP contribution < -0.4 is 0 Å². The van der Waals surface area contributed by atoms with E-state index in [4.69, 9.17) is 0 Å². The second kappa shape index (κ2) is 5.21. The van der Waals surface area contributed by atoms with Crippen molar-refractivity contribution in [2.45, 2.75) is 30.9 Å². The van der Waals surface area contributed by atoms with Crippen LogP contribution in [0.15, 0.2) is 60.7 Å². The normalized spacial score (nSPS) is 16.0. The Morgan fingerprint density at radius 2 is 1.19 bits per heavy atom. The molecule has 0 N–H and O–H groups in total. The summed E-state index contributed by atoms with van der Waals surface area (Å²) in [6.07, 6.45) is -3.26. The molecule has 0 radical (unpaired) electrons. The van der Waals surface area contributed by atoms with E-state index in [1.54, 1.807) is 0 Å². The highest BCUT2D eigenvalue weighted by atomic mass is 19.4. The van der Waals surface area contributed by atoms with Crippen molar-refractivity contribution in [1.82, 2.24) is 0 Å². The molecule has 2 aromatic carbocycles. The minimum absolute atomic E-state index is 0.0731. The zero-order chi connectivity index (χ0) is 14.9. The largest absolute Gasteiger partial charge is 0.390 e. The Kier molecular flexibility index (Phi) is 3.52. The highest BCUT2D eigenvalue weighted by Crippen LogP contribution is 2.56. The van der Waals surface area contributed by atoms with Crippen LogP contribution in [0.2, 0.25) is 0 Å². The lowest BCUT2D eigenvalue weighted by Crippen LogP contribution is -2.36. The van der Waals surface area contributed by atoms with Crippen LogP contribution in [0.4, 0.5) is 13.2 Å². The van der Waals surface area contributed by atoms with Gasteiger partial charge in [0.05, 0.1) is 6.42 Å². The smallest absolute Gasteiger partial charge is 0.171 e. The number of rotatable bonds is 4. The fraction of sp³-hybridized carbons (Fsp3) is 0.333. The summed E-state index contributed by atoms with van der Waals surface area (Å²) in [5.74, 6) is 0.0731. The summed E-state index contributed by atoms with van der Waals surface area (Å²) in [5.41, 5.74) is 0.605. The van der Waals surface area contributed by atoms with Gasteiger partial charge in [0, 0.05) is 5.41 Å². The summed E-state index contributed by atoms with van der Waals surface area (Å²) >= 11 is 0. The molecule has 1 saturated carbocycles. The molecule has 0 saturated heterocycles. The van der Waals surface area contributed by atoms with Gasteiger partial charge in [0.2, 0.25) is 0 Å². The van der Waals surface area contributed by atoms with Crippen LogP contribution in [0.5, 0.6) is 0 Å². The molecule has 3 heteroatoms. The van der Waals surface area contributed by atoms with E-state index in [9.17, 15) is 13.2 Å². The maximum absolute atomic E-state index is 13.3. The Labute approximate surface area is 122 Å². The van der Waals surface area contributed by atoms with Gasteiger partial charge >= 0.3 is 6.18 Å². The number of hydrogen-bond donors (Lipinski definition) is 0. The van der Waals surface area contributed by atoms with Gasteiger partial charge in [-0.1, -0.05) is 60.7 Å². The van der Waals surface area contributed by atoms with Gasteiger partial charge in [0.15, 0.2) is 0 Å². The van der Waals surface area contributed by atoms with Crippen LogP contribution in [0.25, 0.3) is 0 Å². The van der Waals surface area contributed by atoms with Crippen LogP contribution in [0.1, 0.15) is 30.4 Å². The zero-order valence-corrected chi connectivity index (χ0v) is 11.6. The lowest BCUT2D eigenvalue weighted by Gasteiger charge is -2.36. The SMILES string of the molecule is FC(F)(F)CC(c1ccccc1)(c1ccccc1)C1CC1. The van der Waals surface area contributed by atoms with Gasteiger partial charge in [-0.05, 0) is 29.9 Å². The molecule has 0 amide bonds. The molecule has 0 spiro atoms. The number of halogens is 3. The molecule has 110 valence electrons. The first-order valence-corrected chi connectivity index (χ1v) is 7.20. The highest BCUT2D eigenvalue weighted by Gasteiger charge is 2.53. The predicted molar refractivity (Wildman–Crippen MR) is 77.1 cm³/mol. The molecule has 21 heavy (non-hydrogen) atoms. The van der Waals surface area contributed by atoms with Crippen molar-refractivity contribution in [2.24, 2.45) is 5.92 Å². The predicted octanol–water partition coefficient (Wildman–Crippen LogP) is 5.34. The van der Waals surface area contributed by atoms with E-state index in [0.29, 0.717) is 0 Å². The van der Waals surface area contributed by atoms with Crippen LogP contribution in [-0.4, -0.2) is 6.18 Å². The van der Waals surface area contributed by atoms with E-state index in [1.165, 1.54) is 0 Å². The fourth-order valence-corrected chi connectivity index (χ4v) is 3.35. The molecule has 1 fully saturated rings. The zero-order valence-electron chi connectivity index (χ0n) is 11.6. The lowest BCUT2D eigenvalue weighted by atomic mass is 9.68. The summed E-state index contributed by atoms with van der Waals surface area (Å²) in [4.78, 5) is 0. The second-order valence-electron chi connectivity index (χ2n) is 5.77. The minimum Gasteiger partial charge on any atom is -0.171 e. The highest BCUT2D eigenvalue weighted by molar-refractivity contribution is 5.42. The first-order valence-electron chi connectivity index (χ1n) is 7.20. The third kappa shape index (κ3) is 2.82. The third-order valence-corrected chi connectivity index (χ3v) is 4.33. The summed E-state index contributed by atoms with van der Waals surface area (Å²) in [7, 11) is 0. The first-order chi connectivity index (χ1) is 10.0. The van der Waals surface area contributed by atoms with Crippen molar-refractivity contribution in [3.8, 4) is 0 Å². The molecule has 0 bridgehead atoms. The van der Waals surface area contributed by atoms with Gasteiger partial charge in [-0.25, -0.2) is 0 Å². The van der Waals surface area contributed by atoms with Gasteiger partial charge in [-0.2, -0.15) is 13.2 Å². The molecule has 2 aromatic rings. The molecule has 1 aliphatic rings. The van der Waals surface area contributed by atoms with E-state index in [2.05, 4.69) is 0 Å². The van der Waals surface area contributed by atoms with Crippen LogP contribution in [-0.2, 0) is 5.41 Å². The topological polar surface area (TPSA) is 0 Å². The van der Waals surface area contributed by atoms with Gasteiger partial charge < -0.3 is 0 Å². The monoisotopic (exact) mass is 290 g/mol. The van der Waals surface area contributed by atoms with E-state index in [0.717, 1.165) is 24.0 Å². The minimum atomic E-state index is -4.19. The number of hydrogen-bond acceptors (Lipinski definition) is 0. The van der Waals surface area contributed by atoms with Crippen molar-refractivity contribution in [3.63, 3.8) is 0 Å². The summed E-state index contributed by atoms with van der Waals surface area (Å²) < 4.78 is 39.9. The quantitative estimate of drug-likeness (QED) is 0.713. The number of alkyl halides is 3. The third-order valence-electron chi connectivity index (χ3n) is 4.33. The van der Waals surface area contributed by atoms with Crippen LogP contribution >= 0.6 is 0 Å². The van der Waals surface area contributed by atoms with E-state index < -0.39 is 18.0 Å². The van der Waals surface area contributed by atoms with Gasteiger partial charge in [-0.15, -0.1) is 0 Å². The Balaban J connectivity index is 2.17. The molecule has 0 heterocycles. The maximum Gasteiger partial charge on any atom is 0.390 e. The molecular weight excluding hydrogens is 273 g/mol. The van der Waals surface area contributed by atoms with Gasteiger partial charge in [0.1, 0.15) is 0 Å². The molecular formula is C18H17F3. The number of benzene rings is 2. The average Bonchev–Trinajstić information content (AvgIpc) is 3.31. The van der Waals surface area contributed by atoms with E-state index in [1.807, 2.05) is 60.7 Å². The second-order valence-corrected chi connectivity index (χ2v) is 5.77. The Bertz CT molecular complexity index is 543. The molecule has 0 unspecified atom stereocenters. The van der Waals surface area contributed by atoms with Crippen molar-refractivity contribution in [3.05, 3.63) is 71.8 Å². The first kappa shape index (κ1) is 14.2. The molecule has 0 aromatic heterocycles. The summed E-state index contributed by atoms with van der Waals surface area (Å²) in [6, 6.07) is 18.3.